The van der Waals surface area contributed by atoms with E-state index in [0.717, 1.165) is 23.8 Å². The molecule has 7 heteroatoms. The highest BCUT2D eigenvalue weighted by Gasteiger charge is 2.30. The van der Waals surface area contributed by atoms with Crippen LogP contribution < -0.4 is 5.32 Å². The second kappa shape index (κ2) is 6.10. The molecule has 0 bridgehead atoms. The lowest BCUT2D eigenvalue weighted by Gasteiger charge is -2.32. The molecule has 0 radical (unpaired) electrons. The second-order valence-corrected chi connectivity index (χ2v) is 5.78. The summed E-state index contributed by atoms with van der Waals surface area (Å²) in [5, 5.41) is 11.8. The van der Waals surface area contributed by atoms with E-state index in [1.807, 2.05) is 35.2 Å². The second-order valence-electron chi connectivity index (χ2n) is 5.78. The van der Waals surface area contributed by atoms with Gasteiger partial charge < -0.3 is 19.5 Å². The van der Waals surface area contributed by atoms with E-state index in [-0.39, 0.29) is 12.0 Å². The molecular formula is C16H19N5O2. The van der Waals surface area contributed by atoms with Gasteiger partial charge in [0.25, 0.3) is 5.91 Å². The van der Waals surface area contributed by atoms with Crippen LogP contribution in [0.2, 0.25) is 0 Å². The summed E-state index contributed by atoms with van der Waals surface area (Å²) >= 11 is 0. The molecule has 2 aliphatic rings. The third-order valence-electron chi connectivity index (χ3n) is 4.30. The molecule has 120 valence electrons. The van der Waals surface area contributed by atoms with Crippen molar-refractivity contribution in [2.24, 2.45) is 0 Å². The number of hydrogen-bond donors (Lipinski definition) is 1. The molecule has 0 saturated carbocycles. The maximum atomic E-state index is 12.5. The fourth-order valence-electron chi connectivity index (χ4n) is 3.07. The fourth-order valence-corrected chi connectivity index (χ4v) is 3.07. The van der Waals surface area contributed by atoms with Gasteiger partial charge >= 0.3 is 0 Å². The molecule has 4 rings (SSSR count). The SMILES string of the molecule is O=C(C1CNCCO1)N1CCn2c(nnc2-c2ccccc2)C1. The number of rotatable bonds is 2. The van der Waals surface area contributed by atoms with Gasteiger partial charge in [-0.1, -0.05) is 30.3 Å². The van der Waals surface area contributed by atoms with Gasteiger partial charge in [-0.3, -0.25) is 4.79 Å². The van der Waals surface area contributed by atoms with Crippen molar-refractivity contribution >= 4 is 5.91 Å². The Bertz CT molecular complexity index is 694. The van der Waals surface area contributed by atoms with Crippen LogP contribution in [0.3, 0.4) is 0 Å². The first kappa shape index (κ1) is 14.3. The Hall–Kier alpha value is -2.25. The van der Waals surface area contributed by atoms with E-state index >= 15 is 0 Å². The van der Waals surface area contributed by atoms with Gasteiger partial charge in [-0.15, -0.1) is 10.2 Å². The number of morpholine rings is 1. The number of aromatic nitrogens is 3. The maximum absolute atomic E-state index is 12.5. The van der Waals surface area contributed by atoms with Crippen molar-refractivity contribution in [1.82, 2.24) is 25.0 Å². The molecule has 1 amide bonds. The Balaban J connectivity index is 1.52. The van der Waals surface area contributed by atoms with Crippen LogP contribution in [0.4, 0.5) is 0 Å². The molecule has 23 heavy (non-hydrogen) atoms. The molecule has 1 atom stereocenters. The van der Waals surface area contributed by atoms with E-state index in [4.69, 9.17) is 4.74 Å². The van der Waals surface area contributed by atoms with Crippen molar-refractivity contribution in [3.8, 4) is 11.4 Å². The average molecular weight is 313 g/mol. The molecular weight excluding hydrogens is 294 g/mol. The molecule has 1 N–H and O–H groups in total. The minimum atomic E-state index is -0.383. The summed E-state index contributed by atoms with van der Waals surface area (Å²) in [4.78, 5) is 14.4. The third-order valence-corrected chi connectivity index (χ3v) is 4.30. The highest BCUT2D eigenvalue weighted by atomic mass is 16.5. The lowest BCUT2D eigenvalue weighted by Crippen LogP contribution is -2.51. The zero-order valence-electron chi connectivity index (χ0n) is 12.8. The van der Waals surface area contributed by atoms with Gasteiger partial charge in [0.05, 0.1) is 13.2 Å². The number of amides is 1. The van der Waals surface area contributed by atoms with E-state index in [1.165, 1.54) is 0 Å². The summed E-state index contributed by atoms with van der Waals surface area (Å²) in [6.45, 7) is 3.81. The van der Waals surface area contributed by atoms with Crippen LogP contribution in [-0.2, 0) is 22.6 Å². The summed E-state index contributed by atoms with van der Waals surface area (Å²) in [6.07, 6.45) is -0.383. The Morgan fingerprint density at radius 1 is 1.22 bits per heavy atom. The number of nitrogens with one attached hydrogen (secondary N) is 1. The van der Waals surface area contributed by atoms with Crippen LogP contribution in [0.15, 0.2) is 30.3 Å². The summed E-state index contributed by atoms with van der Waals surface area (Å²) in [7, 11) is 0. The summed E-state index contributed by atoms with van der Waals surface area (Å²) in [5.41, 5.74) is 1.05. The number of fused-ring (bicyclic) bond motifs is 1. The lowest BCUT2D eigenvalue weighted by atomic mass is 10.2. The number of carbonyl (C=O) groups excluding carboxylic acids is 1. The van der Waals surface area contributed by atoms with Crippen molar-refractivity contribution in [3.63, 3.8) is 0 Å². The number of carbonyl (C=O) groups is 1. The molecule has 2 aromatic rings. The molecule has 1 aromatic heterocycles. The topological polar surface area (TPSA) is 72.3 Å². The molecule has 2 aliphatic heterocycles. The van der Waals surface area contributed by atoms with Gasteiger partial charge in [0.1, 0.15) is 6.10 Å². The zero-order chi connectivity index (χ0) is 15.6. The standard InChI is InChI=1S/C16H19N5O2/c22-16(13-10-17-6-9-23-13)20-7-8-21-14(11-20)18-19-15(21)12-4-2-1-3-5-12/h1-5,13,17H,6-11H2. The number of nitrogens with zero attached hydrogens (tertiary/aromatic N) is 4. The summed E-state index contributed by atoms with van der Waals surface area (Å²) < 4.78 is 7.66. The minimum absolute atomic E-state index is 0.0349. The monoisotopic (exact) mass is 313 g/mol. The number of hydrogen-bond acceptors (Lipinski definition) is 5. The first-order chi connectivity index (χ1) is 11.3. The smallest absolute Gasteiger partial charge is 0.253 e. The fraction of sp³-hybridized carbons (Fsp3) is 0.438. The van der Waals surface area contributed by atoms with Crippen molar-refractivity contribution in [3.05, 3.63) is 36.2 Å². The normalized spacial score (nSPS) is 21.0. The molecule has 1 unspecified atom stereocenters. The van der Waals surface area contributed by atoms with Crippen molar-refractivity contribution < 1.29 is 9.53 Å². The zero-order valence-corrected chi connectivity index (χ0v) is 12.8. The summed E-state index contributed by atoms with van der Waals surface area (Å²) in [6, 6.07) is 10.0. The first-order valence-electron chi connectivity index (χ1n) is 7.91. The van der Waals surface area contributed by atoms with E-state index in [1.54, 1.807) is 0 Å². The van der Waals surface area contributed by atoms with Gasteiger partial charge in [-0.2, -0.15) is 0 Å². The van der Waals surface area contributed by atoms with E-state index in [2.05, 4.69) is 20.1 Å². The molecule has 1 fully saturated rings. The average Bonchev–Trinajstić information content (AvgIpc) is 3.06. The molecule has 3 heterocycles. The Morgan fingerprint density at radius 3 is 2.87 bits per heavy atom. The highest BCUT2D eigenvalue weighted by Crippen LogP contribution is 2.22. The van der Waals surface area contributed by atoms with Crippen LogP contribution in [0, 0.1) is 0 Å². The highest BCUT2D eigenvalue weighted by molar-refractivity contribution is 5.81. The molecule has 0 aliphatic carbocycles. The predicted molar refractivity (Wildman–Crippen MR) is 83.5 cm³/mol. The van der Waals surface area contributed by atoms with Crippen molar-refractivity contribution in [2.75, 3.05) is 26.2 Å². The van der Waals surface area contributed by atoms with Gasteiger partial charge in [0.15, 0.2) is 11.6 Å². The van der Waals surface area contributed by atoms with E-state index < -0.39 is 0 Å². The molecule has 7 nitrogen and oxygen atoms in total. The van der Waals surface area contributed by atoms with Crippen LogP contribution in [0.1, 0.15) is 5.82 Å². The predicted octanol–water partition coefficient (Wildman–Crippen LogP) is 0.276. The largest absolute Gasteiger partial charge is 0.366 e. The lowest BCUT2D eigenvalue weighted by molar-refractivity contribution is -0.146. The number of benzene rings is 1. The molecule has 0 spiro atoms. The van der Waals surface area contributed by atoms with Crippen molar-refractivity contribution in [1.29, 1.82) is 0 Å². The van der Waals surface area contributed by atoms with Crippen molar-refractivity contribution in [2.45, 2.75) is 19.2 Å². The van der Waals surface area contributed by atoms with Gasteiger partial charge in [0.2, 0.25) is 0 Å². The van der Waals surface area contributed by atoms with Crippen LogP contribution >= 0.6 is 0 Å². The third kappa shape index (κ3) is 2.73. The van der Waals surface area contributed by atoms with E-state index in [0.29, 0.717) is 32.8 Å². The minimum Gasteiger partial charge on any atom is -0.366 e. The first-order valence-corrected chi connectivity index (χ1v) is 7.91. The van der Waals surface area contributed by atoms with Crippen LogP contribution in [0.5, 0.6) is 0 Å². The molecule has 1 aromatic carbocycles. The Kier molecular flexibility index (Phi) is 3.80. The van der Waals surface area contributed by atoms with Crippen LogP contribution in [0.25, 0.3) is 11.4 Å². The Morgan fingerprint density at radius 2 is 2.09 bits per heavy atom. The van der Waals surface area contributed by atoms with Gasteiger partial charge in [-0.05, 0) is 0 Å². The van der Waals surface area contributed by atoms with Gasteiger partial charge in [0, 0.05) is 31.7 Å². The number of ether oxygens (including phenoxy) is 1. The molecule has 1 saturated heterocycles. The van der Waals surface area contributed by atoms with Crippen LogP contribution in [-0.4, -0.2) is 57.9 Å². The van der Waals surface area contributed by atoms with Gasteiger partial charge in [-0.25, -0.2) is 0 Å². The summed E-state index contributed by atoms with van der Waals surface area (Å²) in [5.74, 6) is 1.73. The van der Waals surface area contributed by atoms with E-state index in [9.17, 15) is 4.79 Å². The maximum Gasteiger partial charge on any atom is 0.253 e. The quantitative estimate of drug-likeness (QED) is 0.862. The Labute approximate surface area is 134 Å².